The number of benzene rings is 1. The molecule has 0 aliphatic carbocycles. The first-order valence-corrected chi connectivity index (χ1v) is 11.5. The van der Waals surface area contributed by atoms with Gasteiger partial charge in [-0.2, -0.15) is 0 Å². The van der Waals surface area contributed by atoms with Crippen LogP contribution in [0.15, 0.2) is 36.5 Å². The summed E-state index contributed by atoms with van der Waals surface area (Å²) in [6, 6.07) is 8.44. The Labute approximate surface area is 193 Å². The van der Waals surface area contributed by atoms with Gasteiger partial charge in [0.05, 0.1) is 29.6 Å². The molecule has 7 nitrogen and oxygen atoms in total. The molecular formula is C24H29ClN4O3. The van der Waals surface area contributed by atoms with Crippen LogP contribution in [0.3, 0.4) is 0 Å². The summed E-state index contributed by atoms with van der Waals surface area (Å²) >= 11 is 6.12. The van der Waals surface area contributed by atoms with Crippen molar-refractivity contribution >= 4 is 35.0 Å². The fraction of sp³-hybridized carbons (Fsp3) is 0.458. The summed E-state index contributed by atoms with van der Waals surface area (Å²) in [6.07, 6.45) is 6.34. The zero-order valence-corrected chi connectivity index (χ0v) is 19.1. The standard InChI is InChI=1S/C24H29ClN4O3/c1-32-24(31)20-14-18(27-23(30)19-6-2-3-7-21(19)25)15-26-22(20)29-12-8-17(9-13-29)16-28-10-4-5-11-28/h2-3,6-7,14-15,17H,4-5,8-13,16H2,1H3,(H,27,30). The van der Waals surface area contributed by atoms with Crippen molar-refractivity contribution in [3.63, 3.8) is 0 Å². The Morgan fingerprint density at radius 3 is 2.53 bits per heavy atom. The zero-order valence-electron chi connectivity index (χ0n) is 18.3. The van der Waals surface area contributed by atoms with E-state index in [1.165, 1.54) is 33.0 Å². The van der Waals surface area contributed by atoms with Crippen LogP contribution in [0.5, 0.6) is 0 Å². The quantitative estimate of drug-likeness (QED) is 0.660. The molecule has 0 atom stereocenters. The number of esters is 1. The van der Waals surface area contributed by atoms with Crippen LogP contribution in [-0.4, -0.2) is 61.6 Å². The lowest BCUT2D eigenvalue weighted by Crippen LogP contribution is -2.39. The lowest BCUT2D eigenvalue weighted by Gasteiger charge is -2.35. The van der Waals surface area contributed by atoms with Crippen molar-refractivity contribution in [1.82, 2.24) is 9.88 Å². The number of halogens is 1. The molecule has 0 unspecified atom stereocenters. The number of rotatable bonds is 6. The second-order valence-corrected chi connectivity index (χ2v) is 8.87. The molecule has 3 heterocycles. The van der Waals surface area contributed by atoms with Gasteiger partial charge in [-0.15, -0.1) is 0 Å². The minimum atomic E-state index is -0.472. The molecule has 2 aliphatic heterocycles. The average molecular weight is 457 g/mol. The average Bonchev–Trinajstić information content (AvgIpc) is 3.32. The molecule has 0 spiro atoms. The minimum absolute atomic E-state index is 0.349. The van der Waals surface area contributed by atoms with Crippen LogP contribution in [-0.2, 0) is 4.74 Å². The van der Waals surface area contributed by atoms with Gasteiger partial charge in [0.1, 0.15) is 11.4 Å². The number of likely N-dealkylation sites (tertiary alicyclic amines) is 1. The molecule has 1 aromatic heterocycles. The predicted molar refractivity (Wildman–Crippen MR) is 126 cm³/mol. The van der Waals surface area contributed by atoms with Crippen LogP contribution in [0.4, 0.5) is 11.5 Å². The molecule has 0 saturated carbocycles. The second kappa shape index (κ2) is 10.3. The number of anilines is 2. The zero-order chi connectivity index (χ0) is 22.5. The van der Waals surface area contributed by atoms with Gasteiger partial charge < -0.3 is 19.9 Å². The van der Waals surface area contributed by atoms with Crippen molar-refractivity contribution in [2.75, 3.05) is 50.1 Å². The Balaban J connectivity index is 1.46. The Hall–Kier alpha value is -2.64. The molecule has 2 aliphatic rings. The van der Waals surface area contributed by atoms with Gasteiger partial charge in [-0.05, 0) is 62.9 Å². The molecule has 0 radical (unpaired) electrons. The monoisotopic (exact) mass is 456 g/mol. The number of piperidine rings is 1. The number of nitrogens with one attached hydrogen (secondary N) is 1. The molecule has 2 saturated heterocycles. The maximum absolute atomic E-state index is 12.6. The van der Waals surface area contributed by atoms with Gasteiger partial charge in [0.2, 0.25) is 0 Å². The van der Waals surface area contributed by atoms with Crippen LogP contribution in [0, 0.1) is 5.92 Å². The van der Waals surface area contributed by atoms with Crippen LogP contribution in [0.1, 0.15) is 46.4 Å². The Morgan fingerprint density at radius 1 is 1.12 bits per heavy atom. The van der Waals surface area contributed by atoms with Crippen molar-refractivity contribution < 1.29 is 14.3 Å². The van der Waals surface area contributed by atoms with E-state index in [-0.39, 0.29) is 5.91 Å². The van der Waals surface area contributed by atoms with Crippen LogP contribution >= 0.6 is 11.6 Å². The predicted octanol–water partition coefficient (Wildman–Crippen LogP) is 4.09. The van der Waals surface area contributed by atoms with Gasteiger partial charge in [0.15, 0.2) is 0 Å². The number of amides is 1. The Morgan fingerprint density at radius 2 is 1.84 bits per heavy atom. The summed E-state index contributed by atoms with van der Waals surface area (Å²) in [7, 11) is 1.35. The van der Waals surface area contributed by atoms with E-state index in [9.17, 15) is 9.59 Å². The van der Waals surface area contributed by atoms with Gasteiger partial charge in [-0.1, -0.05) is 23.7 Å². The molecule has 170 valence electrons. The summed E-state index contributed by atoms with van der Waals surface area (Å²) < 4.78 is 5.00. The highest BCUT2D eigenvalue weighted by atomic mass is 35.5. The SMILES string of the molecule is COC(=O)c1cc(NC(=O)c2ccccc2Cl)cnc1N1CCC(CN2CCCC2)CC1. The van der Waals surface area contributed by atoms with E-state index in [1.54, 1.807) is 36.5 Å². The summed E-state index contributed by atoms with van der Waals surface area (Å²) in [5.74, 6) is 0.455. The van der Waals surface area contributed by atoms with Crippen molar-refractivity contribution in [2.24, 2.45) is 5.92 Å². The molecule has 1 aromatic carbocycles. The number of ether oxygens (including phenoxy) is 1. The fourth-order valence-electron chi connectivity index (χ4n) is 4.54. The largest absolute Gasteiger partial charge is 0.465 e. The Bertz CT molecular complexity index is 969. The van der Waals surface area contributed by atoms with Gasteiger partial charge in [-0.3, -0.25) is 4.79 Å². The second-order valence-electron chi connectivity index (χ2n) is 8.46. The van der Waals surface area contributed by atoms with E-state index in [1.807, 2.05) is 0 Å². The van der Waals surface area contributed by atoms with Crippen molar-refractivity contribution in [1.29, 1.82) is 0 Å². The first-order chi connectivity index (χ1) is 15.5. The number of carbonyl (C=O) groups excluding carboxylic acids is 2. The summed E-state index contributed by atoms with van der Waals surface area (Å²) in [5, 5.41) is 3.14. The van der Waals surface area contributed by atoms with E-state index >= 15 is 0 Å². The highest BCUT2D eigenvalue weighted by Crippen LogP contribution is 2.28. The van der Waals surface area contributed by atoms with Crippen LogP contribution < -0.4 is 10.2 Å². The molecular weight excluding hydrogens is 428 g/mol. The summed E-state index contributed by atoms with van der Waals surface area (Å²) in [5.41, 5.74) is 1.13. The first-order valence-electron chi connectivity index (χ1n) is 11.2. The van der Waals surface area contributed by atoms with Crippen LogP contribution in [0.2, 0.25) is 5.02 Å². The number of methoxy groups -OCH3 is 1. The molecule has 0 bridgehead atoms. The van der Waals surface area contributed by atoms with Crippen molar-refractivity contribution in [2.45, 2.75) is 25.7 Å². The third-order valence-electron chi connectivity index (χ3n) is 6.28. The number of carbonyl (C=O) groups is 2. The van der Waals surface area contributed by atoms with Gasteiger partial charge in [-0.25, -0.2) is 9.78 Å². The van der Waals surface area contributed by atoms with E-state index in [2.05, 4.69) is 20.1 Å². The summed E-state index contributed by atoms with van der Waals surface area (Å²) in [6.45, 7) is 5.30. The molecule has 1 amide bonds. The highest BCUT2D eigenvalue weighted by Gasteiger charge is 2.27. The lowest BCUT2D eigenvalue weighted by molar-refractivity contribution is 0.0600. The molecule has 32 heavy (non-hydrogen) atoms. The number of nitrogens with zero attached hydrogens (tertiary/aromatic N) is 3. The smallest absolute Gasteiger partial charge is 0.341 e. The van der Waals surface area contributed by atoms with Gasteiger partial charge in [0.25, 0.3) is 5.91 Å². The lowest BCUT2D eigenvalue weighted by atomic mass is 9.96. The molecule has 1 N–H and O–H groups in total. The molecule has 2 aromatic rings. The molecule has 4 rings (SSSR count). The third kappa shape index (κ3) is 5.22. The maximum Gasteiger partial charge on any atom is 0.341 e. The van der Waals surface area contributed by atoms with Gasteiger partial charge in [0, 0.05) is 19.6 Å². The highest BCUT2D eigenvalue weighted by molar-refractivity contribution is 6.34. The number of aromatic nitrogens is 1. The normalized spacial score (nSPS) is 17.4. The topological polar surface area (TPSA) is 74.8 Å². The van der Waals surface area contributed by atoms with Gasteiger partial charge >= 0.3 is 5.97 Å². The fourth-order valence-corrected chi connectivity index (χ4v) is 4.76. The van der Waals surface area contributed by atoms with Crippen LogP contribution in [0.25, 0.3) is 0 Å². The van der Waals surface area contributed by atoms with E-state index in [0.717, 1.165) is 32.5 Å². The molecule has 8 heteroatoms. The van der Waals surface area contributed by atoms with E-state index < -0.39 is 5.97 Å². The first kappa shape index (κ1) is 22.6. The van der Waals surface area contributed by atoms with E-state index in [0.29, 0.717) is 33.6 Å². The third-order valence-corrected chi connectivity index (χ3v) is 6.61. The summed E-state index contributed by atoms with van der Waals surface area (Å²) in [4.78, 5) is 34.3. The number of hydrogen-bond acceptors (Lipinski definition) is 6. The minimum Gasteiger partial charge on any atom is -0.465 e. The van der Waals surface area contributed by atoms with Crippen molar-refractivity contribution in [3.05, 3.63) is 52.7 Å². The van der Waals surface area contributed by atoms with Crippen molar-refractivity contribution in [3.8, 4) is 0 Å². The maximum atomic E-state index is 12.6. The Kier molecular flexibility index (Phi) is 7.27. The molecule has 2 fully saturated rings. The number of pyridine rings is 1. The van der Waals surface area contributed by atoms with E-state index in [4.69, 9.17) is 16.3 Å². The number of hydrogen-bond donors (Lipinski definition) is 1.